The van der Waals surface area contributed by atoms with Gasteiger partial charge < -0.3 is 9.73 Å². The summed E-state index contributed by atoms with van der Waals surface area (Å²) in [6, 6.07) is 4.47. The van der Waals surface area contributed by atoms with E-state index in [1.165, 1.54) is 12.1 Å². The molecule has 6 nitrogen and oxygen atoms in total. The first-order valence-corrected chi connectivity index (χ1v) is 7.75. The number of halogens is 2. The number of anilines is 1. The normalized spacial score (nSPS) is 11.6. The van der Waals surface area contributed by atoms with Crippen LogP contribution >= 0.6 is 23.2 Å². The molecular weight excluding hydrogens is 325 g/mol. The standard InChI is InChI=1S/C11H11Cl2N3O3S/c1-6-4-8(12)16-11(13)10(6)15-5-7-2-3-9(19-7)20(14,17)18/h2-4,15H,5H2,1H3,(H2,14,17,18). The zero-order valence-electron chi connectivity index (χ0n) is 10.4. The maximum atomic E-state index is 11.1. The number of sulfonamides is 1. The van der Waals surface area contributed by atoms with Crippen molar-refractivity contribution in [1.82, 2.24) is 4.98 Å². The van der Waals surface area contributed by atoms with E-state index in [2.05, 4.69) is 10.3 Å². The van der Waals surface area contributed by atoms with E-state index in [-0.39, 0.29) is 16.8 Å². The highest BCUT2D eigenvalue weighted by Gasteiger charge is 2.14. The molecule has 2 rings (SSSR count). The van der Waals surface area contributed by atoms with Gasteiger partial charge in [-0.25, -0.2) is 18.5 Å². The second-order valence-corrected chi connectivity index (χ2v) is 6.28. The molecule has 20 heavy (non-hydrogen) atoms. The molecule has 0 amide bonds. The molecule has 0 saturated heterocycles. The lowest BCUT2D eigenvalue weighted by atomic mass is 10.2. The van der Waals surface area contributed by atoms with Crippen LogP contribution in [0.2, 0.25) is 10.3 Å². The monoisotopic (exact) mass is 335 g/mol. The van der Waals surface area contributed by atoms with E-state index < -0.39 is 10.0 Å². The van der Waals surface area contributed by atoms with Gasteiger partial charge in [-0.15, -0.1) is 0 Å². The van der Waals surface area contributed by atoms with Crippen molar-refractivity contribution in [2.24, 2.45) is 5.14 Å². The maximum absolute atomic E-state index is 11.1. The van der Waals surface area contributed by atoms with Crippen LogP contribution in [0.5, 0.6) is 0 Å². The summed E-state index contributed by atoms with van der Waals surface area (Å²) in [5, 5.41) is 8.20. The van der Waals surface area contributed by atoms with Gasteiger partial charge in [-0.1, -0.05) is 23.2 Å². The summed E-state index contributed by atoms with van der Waals surface area (Å²) < 4.78 is 27.3. The van der Waals surface area contributed by atoms with Gasteiger partial charge in [-0.2, -0.15) is 0 Å². The van der Waals surface area contributed by atoms with Gasteiger partial charge in [0.2, 0.25) is 5.09 Å². The zero-order valence-corrected chi connectivity index (χ0v) is 12.7. The fraction of sp³-hybridized carbons (Fsp3) is 0.182. The van der Waals surface area contributed by atoms with Crippen LogP contribution < -0.4 is 10.5 Å². The van der Waals surface area contributed by atoms with Crippen LogP contribution in [0.1, 0.15) is 11.3 Å². The minimum Gasteiger partial charge on any atom is -0.446 e. The van der Waals surface area contributed by atoms with E-state index in [1.54, 1.807) is 6.07 Å². The fourth-order valence-corrected chi connectivity index (χ4v) is 2.67. The minimum absolute atomic E-state index is 0.230. The fourth-order valence-electron chi connectivity index (χ4n) is 1.59. The van der Waals surface area contributed by atoms with Crippen molar-refractivity contribution in [3.05, 3.63) is 39.8 Å². The Morgan fingerprint density at radius 1 is 1.40 bits per heavy atom. The molecule has 3 N–H and O–H groups in total. The number of rotatable bonds is 4. The number of furan rings is 1. The lowest BCUT2D eigenvalue weighted by Crippen LogP contribution is -2.10. The number of aryl methyl sites for hydroxylation is 1. The van der Waals surface area contributed by atoms with Gasteiger partial charge in [-0.05, 0) is 30.7 Å². The molecule has 9 heteroatoms. The summed E-state index contributed by atoms with van der Waals surface area (Å²) in [5.74, 6) is 0.402. The summed E-state index contributed by atoms with van der Waals surface area (Å²) >= 11 is 11.7. The first-order chi connectivity index (χ1) is 9.27. The van der Waals surface area contributed by atoms with Crippen molar-refractivity contribution < 1.29 is 12.8 Å². The highest BCUT2D eigenvalue weighted by molar-refractivity contribution is 7.89. The van der Waals surface area contributed by atoms with Crippen molar-refractivity contribution in [2.45, 2.75) is 18.6 Å². The Labute approximate surface area is 125 Å². The number of aromatic nitrogens is 1. The summed E-state index contributed by atoms with van der Waals surface area (Å²) in [4.78, 5) is 3.91. The van der Waals surface area contributed by atoms with Crippen molar-refractivity contribution in [3.63, 3.8) is 0 Å². The Hall–Kier alpha value is -1.28. The third-order valence-electron chi connectivity index (χ3n) is 2.50. The molecule has 0 aliphatic carbocycles. The van der Waals surface area contributed by atoms with E-state index in [1.807, 2.05) is 6.92 Å². The van der Waals surface area contributed by atoms with Gasteiger partial charge in [-0.3, -0.25) is 0 Å². The second-order valence-electron chi connectivity index (χ2n) is 4.05. The van der Waals surface area contributed by atoms with Crippen molar-refractivity contribution in [1.29, 1.82) is 0 Å². The number of nitrogens with two attached hydrogens (primary N) is 1. The molecular formula is C11H11Cl2N3O3S. The van der Waals surface area contributed by atoms with E-state index in [0.29, 0.717) is 16.6 Å². The van der Waals surface area contributed by atoms with Gasteiger partial charge in [0.1, 0.15) is 10.9 Å². The Morgan fingerprint density at radius 3 is 2.65 bits per heavy atom. The van der Waals surface area contributed by atoms with Gasteiger partial charge in [0, 0.05) is 0 Å². The number of nitrogens with zero attached hydrogens (tertiary/aromatic N) is 1. The SMILES string of the molecule is Cc1cc(Cl)nc(Cl)c1NCc1ccc(S(N)(=O)=O)o1. The largest absolute Gasteiger partial charge is 0.446 e. The number of pyridine rings is 1. The minimum atomic E-state index is -3.84. The van der Waals surface area contributed by atoms with Gasteiger partial charge in [0.05, 0.1) is 12.2 Å². The van der Waals surface area contributed by atoms with Crippen LogP contribution in [0, 0.1) is 6.92 Å². The number of nitrogens with one attached hydrogen (secondary N) is 1. The van der Waals surface area contributed by atoms with Crippen LogP contribution in [-0.4, -0.2) is 13.4 Å². The molecule has 0 aliphatic heterocycles. The van der Waals surface area contributed by atoms with E-state index >= 15 is 0 Å². The predicted octanol–water partition coefficient (Wildman–Crippen LogP) is 2.55. The molecule has 2 aromatic rings. The Kier molecular flexibility index (Phi) is 4.24. The number of primary sulfonamides is 1. The molecule has 0 unspecified atom stereocenters. The molecule has 0 radical (unpaired) electrons. The molecule has 108 valence electrons. The molecule has 0 aromatic carbocycles. The molecule has 0 fully saturated rings. The van der Waals surface area contributed by atoms with Crippen molar-refractivity contribution >= 4 is 38.9 Å². The third-order valence-corrected chi connectivity index (χ3v) is 3.75. The molecule has 0 bridgehead atoms. The van der Waals surface area contributed by atoms with Crippen molar-refractivity contribution in [3.8, 4) is 0 Å². The smallest absolute Gasteiger partial charge is 0.271 e. The van der Waals surface area contributed by atoms with E-state index in [9.17, 15) is 8.42 Å². The zero-order chi connectivity index (χ0) is 14.9. The summed E-state index contributed by atoms with van der Waals surface area (Å²) in [5.41, 5.74) is 1.41. The van der Waals surface area contributed by atoms with Crippen LogP contribution in [0.4, 0.5) is 5.69 Å². The maximum Gasteiger partial charge on any atom is 0.271 e. The van der Waals surface area contributed by atoms with Crippen LogP contribution in [0.3, 0.4) is 0 Å². The molecule has 0 spiro atoms. The summed E-state index contributed by atoms with van der Waals surface area (Å²) in [7, 11) is -3.84. The molecule has 2 heterocycles. The topological polar surface area (TPSA) is 98.2 Å². The lowest BCUT2D eigenvalue weighted by molar-refractivity contribution is 0.419. The van der Waals surface area contributed by atoms with Crippen molar-refractivity contribution in [2.75, 3.05) is 5.32 Å². The summed E-state index contributed by atoms with van der Waals surface area (Å²) in [6.45, 7) is 2.05. The molecule has 0 aliphatic rings. The second kappa shape index (κ2) is 5.61. The first kappa shape index (κ1) is 15.1. The third kappa shape index (κ3) is 3.43. The molecule has 0 atom stereocenters. The molecule has 2 aromatic heterocycles. The first-order valence-electron chi connectivity index (χ1n) is 5.45. The predicted molar refractivity (Wildman–Crippen MR) is 76.4 cm³/mol. The van der Waals surface area contributed by atoms with Gasteiger partial charge >= 0.3 is 0 Å². The van der Waals surface area contributed by atoms with E-state index in [4.69, 9.17) is 32.8 Å². The lowest BCUT2D eigenvalue weighted by Gasteiger charge is -2.10. The highest BCUT2D eigenvalue weighted by Crippen LogP contribution is 2.27. The van der Waals surface area contributed by atoms with Crippen LogP contribution in [0.15, 0.2) is 27.7 Å². The highest BCUT2D eigenvalue weighted by atomic mass is 35.5. The van der Waals surface area contributed by atoms with Crippen LogP contribution in [-0.2, 0) is 16.6 Å². The number of hydrogen-bond acceptors (Lipinski definition) is 5. The van der Waals surface area contributed by atoms with Gasteiger partial charge in [0.25, 0.3) is 10.0 Å². The Balaban J connectivity index is 2.16. The Bertz CT molecular complexity index is 720. The summed E-state index contributed by atoms with van der Waals surface area (Å²) in [6.07, 6.45) is 0. The Morgan fingerprint density at radius 2 is 2.10 bits per heavy atom. The molecule has 0 saturated carbocycles. The van der Waals surface area contributed by atoms with Gasteiger partial charge in [0.15, 0.2) is 5.15 Å². The van der Waals surface area contributed by atoms with E-state index in [0.717, 1.165) is 5.56 Å². The average molecular weight is 336 g/mol. The number of hydrogen-bond donors (Lipinski definition) is 2. The quantitative estimate of drug-likeness (QED) is 0.836. The average Bonchev–Trinajstić information content (AvgIpc) is 2.75. The van der Waals surface area contributed by atoms with Crippen LogP contribution in [0.25, 0.3) is 0 Å².